The molecule has 4 atom stereocenters. The van der Waals surface area contributed by atoms with Crippen molar-refractivity contribution in [3.63, 3.8) is 0 Å². The van der Waals surface area contributed by atoms with Crippen LogP contribution in [-0.2, 0) is 42.4 Å². The molecule has 0 aliphatic heterocycles. The Bertz CT molecular complexity index is 1210. The second kappa shape index (κ2) is 13.0. The van der Waals surface area contributed by atoms with Crippen molar-refractivity contribution in [1.82, 2.24) is 5.32 Å². The van der Waals surface area contributed by atoms with Gasteiger partial charge in [0.15, 0.2) is 0 Å². The van der Waals surface area contributed by atoms with Gasteiger partial charge in [-0.25, -0.2) is 0 Å². The fourth-order valence-electron chi connectivity index (χ4n) is 3.94. The van der Waals surface area contributed by atoms with E-state index >= 15 is 0 Å². The van der Waals surface area contributed by atoms with E-state index in [1.807, 2.05) is 0 Å². The Morgan fingerprint density at radius 2 is 1.51 bits per heavy atom. The Morgan fingerprint density at radius 3 is 2.03 bits per heavy atom. The molecule has 37 heavy (non-hydrogen) atoms. The highest BCUT2D eigenvalue weighted by molar-refractivity contribution is 7.81. The summed E-state index contributed by atoms with van der Waals surface area (Å²) in [5.74, 6) is -6.16. The molecule has 0 radical (unpaired) electrons. The van der Waals surface area contributed by atoms with Gasteiger partial charge < -0.3 is 20.3 Å². The van der Waals surface area contributed by atoms with Crippen LogP contribution in [0.15, 0.2) is 54.6 Å². The van der Waals surface area contributed by atoms with Gasteiger partial charge in [0.05, 0.1) is 12.3 Å². The smallest absolute Gasteiger partial charge is 0.446 e. The summed E-state index contributed by atoms with van der Waals surface area (Å²) in [6.45, 7) is 3.09. The molecular weight excluding hydrogens is 504 g/mol. The average Bonchev–Trinajstić information content (AvgIpc) is 2.81. The van der Waals surface area contributed by atoms with Gasteiger partial charge in [-0.3, -0.25) is 23.7 Å². The number of ketones is 1. The summed E-state index contributed by atoms with van der Waals surface area (Å²) in [6, 6.07) is 13.4. The Morgan fingerprint density at radius 1 is 0.946 bits per heavy atom. The highest BCUT2D eigenvalue weighted by atomic mass is 32.3. The van der Waals surface area contributed by atoms with Gasteiger partial charge in [-0.2, -0.15) is 8.42 Å². The van der Waals surface area contributed by atoms with Crippen LogP contribution in [0.2, 0.25) is 0 Å². The molecule has 12 heteroatoms. The first-order valence-corrected chi connectivity index (χ1v) is 12.8. The molecule has 0 aromatic heterocycles. The predicted molar refractivity (Wildman–Crippen MR) is 133 cm³/mol. The number of carboxylic acids is 1. The van der Waals surface area contributed by atoms with Crippen molar-refractivity contribution in [2.24, 2.45) is 23.5 Å². The second-order valence-electron chi connectivity index (χ2n) is 8.81. The third-order valence-electron chi connectivity index (χ3n) is 5.88. The molecule has 2 aromatic carbocycles. The van der Waals surface area contributed by atoms with Crippen LogP contribution in [-0.4, -0.2) is 47.7 Å². The van der Waals surface area contributed by atoms with E-state index < -0.39 is 58.4 Å². The number of hydrogen-bond donors (Lipinski definition) is 4. The minimum Gasteiger partial charge on any atom is -0.481 e. The average molecular weight is 535 g/mol. The fraction of sp³-hybridized carbons (Fsp3) is 0.360. The zero-order chi connectivity index (χ0) is 27.8. The summed E-state index contributed by atoms with van der Waals surface area (Å²) in [5.41, 5.74) is 6.84. The van der Waals surface area contributed by atoms with Crippen molar-refractivity contribution in [1.29, 1.82) is 0 Å². The third-order valence-corrected chi connectivity index (χ3v) is 6.28. The maximum Gasteiger partial charge on any atom is 0.446 e. The molecule has 0 saturated heterocycles. The quantitative estimate of drug-likeness (QED) is 0.260. The summed E-state index contributed by atoms with van der Waals surface area (Å²) in [4.78, 5) is 49.6. The monoisotopic (exact) mass is 534 g/mol. The number of carboxylic acid groups (broad SMARTS) is 1. The normalized spacial score (nSPS) is 14.6. The lowest BCUT2D eigenvalue weighted by molar-refractivity contribution is -0.144. The van der Waals surface area contributed by atoms with Gasteiger partial charge >= 0.3 is 16.4 Å². The van der Waals surface area contributed by atoms with Crippen LogP contribution < -0.4 is 15.2 Å². The molecule has 0 aliphatic rings. The zero-order valence-corrected chi connectivity index (χ0v) is 21.2. The topological polar surface area (TPSA) is 190 Å². The van der Waals surface area contributed by atoms with Crippen LogP contribution >= 0.6 is 0 Å². The molecule has 0 saturated carbocycles. The van der Waals surface area contributed by atoms with E-state index in [9.17, 15) is 32.7 Å². The fourth-order valence-corrected chi connectivity index (χ4v) is 4.29. The number of rotatable bonds is 14. The molecular formula is C25H30N2O9S. The Balaban J connectivity index is 2.12. The molecule has 0 fully saturated rings. The van der Waals surface area contributed by atoms with Crippen molar-refractivity contribution >= 4 is 34.0 Å². The summed E-state index contributed by atoms with van der Waals surface area (Å²) < 4.78 is 34.7. The van der Waals surface area contributed by atoms with Gasteiger partial charge in [-0.05, 0) is 29.7 Å². The molecule has 0 heterocycles. The Labute approximate surface area is 215 Å². The minimum absolute atomic E-state index is 0.109. The van der Waals surface area contributed by atoms with Crippen molar-refractivity contribution < 1.29 is 41.4 Å². The van der Waals surface area contributed by atoms with Gasteiger partial charge in [0.1, 0.15) is 17.6 Å². The number of carbonyl (C=O) groups is 4. The highest BCUT2D eigenvalue weighted by Gasteiger charge is 2.35. The molecule has 1 unspecified atom stereocenters. The van der Waals surface area contributed by atoms with Crippen LogP contribution in [0.3, 0.4) is 0 Å². The molecule has 2 aromatic rings. The molecule has 200 valence electrons. The van der Waals surface area contributed by atoms with Crippen molar-refractivity contribution in [2.75, 3.05) is 0 Å². The second-order valence-corrected chi connectivity index (χ2v) is 9.83. The summed E-state index contributed by atoms with van der Waals surface area (Å²) >= 11 is 0. The third kappa shape index (κ3) is 9.66. The van der Waals surface area contributed by atoms with Gasteiger partial charge in [-0.1, -0.05) is 56.3 Å². The molecule has 0 aliphatic carbocycles. The first kappa shape index (κ1) is 29.5. The standard InChI is InChI=1S/C25H30N2O9S/c1-15(12-18-8-10-19(11-9-18)36-37(33,34)35)23(30)16(2)20(14-22(28)29)25(32)27-21(24(26)31)13-17-6-4-3-5-7-17/h3-11,15-16,20-21H,12-14H2,1-2H3,(H2,26,31)(H,27,32)(H,28,29)(H,33,34,35)/t15-,16?,20-,21-/m0/s1. The van der Waals surface area contributed by atoms with Crippen molar-refractivity contribution in [3.8, 4) is 5.75 Å². The van der Waals surface area contributed by atoms with Crippen LogP contribution in [0.25, 0.3) is 0 Å². The van der Waals surface area contributed by atoms with Crippen LogP contribution in [0.5, 0.6) is 5.75 Å². The first-order chi connectivity index (χ1) is 17.3. The SMILES string of the molecule is CC(C(=O)[C@@H](C)Cc1ccc(OS(=O)(=O)O)cc1)[C@H](CC(=O)O)C(=O)N[C@@H](Cc1ccccc1)C(N)=O. The van der Waals surface area contributed by atoms with E-state index in [2.05, 4.69) is 9.50 Å². The number of amides is 2. The number of aliphatic carboxylic acids is 1. The molecule has 2 rings (SSSR count). The lowest BCUT2D eigenvalue weighted by atomic mass is 9.80. The minimum atomic E-state index is -4.67. The molecule has 0 spiro atoms. The Kier molecular flexibility index (Phi) is 10.3. The van der Waals surface area contributed by atoms with E-state index in [0.29, 0.717) is 5.56 Å². The largest absolute Gasteiger partial charge is 0.481 e. The number of primary amides is 1. The van der Waals surface area contributed by atoms with Gasteiger partial charge in [0, 0.05) is 18.3 Å². The van der Waals surface area contributed by atoms with E-state index in [4.69, 9.17) is 10.3 Å². The lowest BCUT2D eigenvalue weighted by Gasteiger charge is -2.25. The van der Waals surface area contributed by atoms with Gasteiger partial charge in [0.2, 0.25) is 11.8 Å². The van der Waals surface area contributed by atoms with Gasteiger partial charge in [0.25, 0.3) is 0 Å². The zero-order valence-electron chi connectivity index (χ0n) is 20.4. The summed E-state index contributed by atoms with van der Waals surface area (Å²) in [7, 11) is -4.67. The molecule has 0 bridgehead atoms. The van der Waals surface area contributed by atoms with E-state index in [0.717, 1.165) is 5.56 Å². The van der Waals surface area contributed by atoms with Gasteiger partial charge in [-0.15, -0.1) is 0 Å². The van der Waals surface area contributed by atoms with E-state index in [1.54, 1.807) is 37.3 Å². The number of carbonyl (C=O) groups excluding carboxylic acids is 3. The molecule has 2 amide bonds. The number of Topliss-reactive ketones (excluding diaryl/α,β-unsaturated/α-hetero) is 1. The highest BCUT2D eigenvalue weighted by Crippen LogP contribution is 2.24. The van der Waals surface area contributed by atoms with Crippen LogP contribution in [0, 0.1) is 17.8 Å². The number of hydrogen-bond acceptors (Lipinski definition) is 7. The number of benzene rings is 2. The predicted octanol–water partition coefficient (Wildman–Crippen LogP) is 1.56. The Hall–Kier alpha value is -3.77. The lowest BCUT2D eigenvalue weighted by Crippen LogP contribution is -2.50. The first-order valence-electron chi connectivity index (χ1n) is 11.4. The summed E-state index contributed by atoms with van der Waals surface area (Å²) in [5, 5.41) is 11.9. The molecule has 5 N–H and O–H groups in total. The maximum absolute atomic E-state index is 13.1. The van der Waals surface area contributed by atoms with E-state index in [1.165, 1.54) is 31.2 Å². The van der Waals surface area contributed by atoms with E-state index in [-0.39, 0.29) is 24.4 Å². The maximum atomic E-state index is 13.1. The molecule has 11 nitrogen and oxygen atoms in total. The van der Waals surface area contributed by atoms with Crippen molar-refractivity contribution in [2.45, 2.75) is 39.2 Å². The number of nitrogens with one attached hydrogen (secondary N) is 1. The van der Waals surface area contributed by atoms with Crippen LogP contribution in [0.4, 0.5) is 0 Å². The van der Waals surface area contributed by atoms with Crippen LogP contribution in [0.1, 0.15) is 31.4 Å². The van der Waals surface area contributed by atoms with Crippen molar-refractivity contribution in [3.05, 3.63) is 65.7 Å². The summed E-state index contributed by atoms with van der Waals surface area (Å²) in [6.07, 6.45) is -0.295. The number of nitrogens with two attached hydrogens (primary N) is 1.